The Morgan fingerprint density at radius 1 is 1.35 bits per heavy atom. The van der Waals surface area contributed by atoms with E-state index in [4.69, 9.17) is 0 Å². The molecule has 6 heteroatoms. The smallest absolute Gasteiger partial charge is 0.271 e. The number of hydrogen-bond donors (Lipinski definition) is 1. The Balaban J connectivity index is 2.36. The lowest BCUT2D eigenvalue weighted by molar-refractivity contribution is -0.133. The van der Waals surface area contributed by atoms with Crippen molar-refractivity contribution in [3.8, 4) is 0 Å². The van der Waals surface area contributed by atoms with Gasteiger partial charge in [0.25, 0.3) is 5.91 Å². The van der Waals surface area contributed by atoms with E-state index in [0.717, 1.165) is 0 Å². The number of nitrogens with one attached hydrogen (secondary N) is 1. The first kappa shape index (κ1) is 14.3. The van der Waals surface area contributed by atoms with E-state index in [-0.39, 0.29) is 17.6 Å². The first-order valence-electron chi connectivity index (χ1n) is 6.52. The van der Waals surface area contributed by atoms with E-state index in [9.17, 15) is 14.4 Å². The van der Waals surface area contributed by atoms with Crippen molar-refractivity contribution in [3.05, 3.63) is 23.5 Å². The van der Waals surface area contributed by atoms with Crippen LogP contribution >= 0.6 is 0 Å². The van der Waals surface area contributed by atoms with Gasteiger partial charge in [-0.15, -0.1) is 0 Å². The summed E-state index contributed by atoms with van der Waals surface area (Å²) in [4.78, 5) is 37.5. The Kier molecular flexibility index (Phi) is 3.41. The quantitative estimate of drug-likeness (QED) is 0.804. The van der Waals surface area contributed by atoms with Crippen molar-refractivity contribution >= 4 is 17.6 Å². The van der Waals surface area contributed by atoms with E-state index in [1.807, 2.05) is 0 Å². The number of piperazine rings is 1. The normalized spacial score (nSPS) is 17.8. The van der Waals surface area contributed by atoms with Gasteiger partial charge in [-0.05, 0) is 26.8 Å². The van der Waals surface area contributed by atoms with Gasteiger partial charge < -0.3 is 14.8 Å². The zero-order valence-corrected chi connectivity index (χ0v) is 12.2. The van der Waals surface area contributed by atoms with Crippen LogP contribution in [0.4, 0.5) is 0 Å². The molecule has 0 aliphatic carbocycles. The van der Waals surface area contributed by atoms with E-state index < -0.39 is 5.54 Å². The fraction of sp³-hybridized carbons (Fsp3) is 0.500. The van der Waals surface area contributed by atoms with Gasteiger partial charge in [0.2, 0.25) is 5.91 Å². The molecule has 1 N–H and O–H groups in total. The minimum absolute atomic E-state index is 0.0877. The van der Waals surface area contributed by atoms with Gasteiger partial charge in [-0.2, -0.15) is 0 Å². The van der Waals surface area contributed by atoms with E-state index in [1.165, 1.54) is 6.92 Å². The number of hydrogen-bond acceptors (Lipinski definition) is 3. The zero-order valence-electron chi connectivity index (χ0n) is 12.2. The predicted octanol–water partition coefficient (Wildman–Crippen LogP) is 0.578. The van der Waals surface area contributed by atoms with Crippen molar-refractivity contribution in [1.29, 1.82) is 0 Å². The summed E-state index contributed by atoms with van der Waals surface area (Å²) in [5, 5.41) is 2.75. The Morgan fingerprint density at radius 3 is 2.55 bits per heavy atom. The minimum Gasteiger partial charge on any atom is -0.352 e. The number of carbonyl (C=O) groups is 3. The molecule has 1 aromatic rings. The number of aromatic nitrogens is 1. The van der Waals surface area contributed by atoms with Crippen LogP contribution in [0.15, 0.2) is 12.3 Å². The third kappa shape index (κ3) is 2.21. The van der Waals surface area contributed by atoms with Crippen molar-refractivity contribution in [2.24, 2.45) is 7.05 Å². The molecule has 1 saturated heterocycles. The largest absolute Gasteiger partial charge is 0.352 e. The third-order valence-electron chi connectivity index (χ3n) is 3.73. The highest BCUT2D eigenvalue weighted by Crippen LogP contribution is 2.21. The van der Waals surface area contributed by atoms with Crippen LogP contribution in [0, 0.1) is 0 Å². The second-order valence-electron chi connectivity index (χ2n) is 5.55. The van der Waals surface area contributed by atoms with Gasteiger partial charge in [-0.25, -0.2) is 0 Å². The second-order valence-corrected chi connectivity index (χ2v) is 5.55. The molecule has 1 aliphatic heterocycles. The summed E-state index contributed by atoms with van der Waals surface area (Å²) in [6.07, 6.45) is 1.63. The van der Waals surface area contributed by atoms with Crippen LogP contribution in [0.25, 0.3) is 0 Å². The maximum atomic E-state index is 12.6. The van der Waals surface area contributed by atoms with E-state index in [1.54, 1.807) is 42.6 Å². The van der Waals surface area contributed by atoms with Crippen molar-refractivity contribution in [2.45, 2.75) is 26.3 Å². The molecule has 2 heterocycles. The molecule has 2 amide bonds. The molecular formula is C14H19N3O3. The summed E-state index contributed by atoms with van der Waals surface area (Å²) in [5.74, 6) is -0.492. The van der Waals surface area contributed by atoms with Crippen molar-refractivity contribution in [1.82, 2.24) is 14.8 Å². The molecule has 0 bridgehead atoms. The van der Waals surface area contributed by atoms with Gasteiger partial charge in [0.1, 0.15) is 11.2 Å². The van der Waals surface area contributed by atoms with Crippen LogP contribution < -0.4 is 5.32 Å². The second kappa shape index (κ2) is 4.77. The molecule has 2 rings (SSSR count). The highest BCUT2D eigenvalue weighted by Gasteiger charge is 2.41. The van der Waals surface area contributed by atoms with E-state index >= 15 is 0 Å². The molecule has 20 heavy (non-hydrogen) atoms. The first-order valence-corrected chi connectivity index (χ1v) is 6.52. The molecule has 0 radical (unpaired) electrons. The summed E-state index contributed by atoms with van der Waals surface area (Å²) in [7, 11) is 1.72. The molecule has 0 saturated carbocycles. The summed E-state index contributed by atoms with van der Waals surface area (Å²) in [5.41, 5.74) is 0.0174. The molecule has 6 nitrogen and oxygen atoms in total. The van der Waals surface area contributed by atoms with Crippen LogP contribution in [0.1, 0.15) is 41.6 Å². The topological polar surface area (TPSA) is 71.4 Å². The van der Waals surface area contributed by atoms with Crippen LogP contribution in [0.2, 0.25) is 0 Å². The number of ketones is 1. The zero-order chi connectivity index (χ0) is 15.1. The number of carbonyl (C=O) groups excluding carboxylic acids is 3. The van der Waals surface area contributed by atoms with E-state index in [2.05, 4.69) is 5.32 Å². The monoisotopic (exact) mass is 277 g/mol. The lowest BCUT2D eigenvalue weighted by atomic mass is 9.98. The van der Waals surface area contributed by atoms with Gasteiger partial charge in [0, 0.05) is 31.9 Å². The highest BCUT2D eigenvalue weighted by molar-refractivity contribution is 6.01. The van der Waals surface area contributed by atoms with E-state index in [0.29, 0.717) is 24.3 Å². The van der Waals surface area contributed by atoms with Crippen molar-refractivity contribution in [2.75, 3.05) is 13.1 Å². The number of aryl methyl sites for hydroxylation is 1. The molecule has 1 aromatic heterocycles. The Hall–Kier alpha value is -2.11. The van der Waals surface area contributed by atoms with Gasteiger partial charge >= 0.3 is 0 Å². The lowest BCUT2D eigenvalue weighted by Gasteiger charge is -2.41. The predicted molar refractivity (Wildman–Crippen MR) is 73.5 cm³/mol. The molecule has 0 unspecified atom stereocenters. The Labute approximate surface area is 117 Å². The fourth-order valence-corrected chi connectivity index (χ4v) is 2.36. The number of nitrogens with zero attached hydrogens (tertiary/aromatic N) is 2. The summed E-state index contributed by atoms with van der Waals surface area (Å²) >= 11 is 0. The minimum atomic E-state index is -0.893. The maximum Gasteiger partial charge on any atom is 0.271 e. The standard InChI is InChI=1S/C14H19N3O3/c1-9(18)10-7-11(16(4)8-10)12(19)17-6-5-15-13(20)14(17,2)3/h7-8H,5-6H2,1-4H3,(H,15,20). The van der Waals surface area contributed by atoms with Crippen LogP contribution in [0.3, 0.4) is 0 Å². The molecule has 1 aliphatic rings. The SMILES string of the molecule is CC(=O)c1cc(C(=O)N2CCNC(=O)C2(C)C)n(C)c1. The molecule has 0 atom stereocenters. The molecule has 108 valence electrons. The molecule has 0 aromatic carbocycles. The van der Waals surface area contributed by atoms with Crippen molar-refractivity contribution in [3.63, 3.8) is 0 Å². The molecule has 0 spiro atoms. The van der Waals surface area contributed by atoms with Gasteiger partial charge in [0.15, 0.2) is 5.78 Å². The maximum absolute atomic E-state index is 12.6. The fourth-order valence-electron chi connectivity index (χ4n) is 2.36. The third-order valence-corrected chi connectivity index (χ3v) is 3.73. The number of Topliss-reactive ketones (excluding diaryl/α,β-unsaturated/α-hetero) is 1. The summed E-state index contributed by atoms with van der Waals surface area (Å²) in [6, 6.07) is 1.58. The van der Waals surface area contributed by atoms with Gasteiger partial charge in [0.05, 0.1) is 0 Å². The average molecular weight is 277 g/mol. The molecule has 1 fully saturated rings. The van der Waals surface area contributed by atoms with Crippen LogP contribution in [-0.2, 0) is 11.8 Å². The summed E-state index contributed by atoms with van der Waals surface area (Å²) < 4.78 is 1.63. The Morgan fingerprint density at radius 2 is 2.00 bits per heavy atom. The van der Waals surface area contributed by atoms with Gasteiger partial charge in [-0.1, -0.05) is 0 Å². The van der Waals surface area contributed by atoms with Crippen LogP contribution in [0.5, 0.6) is 0 Å². The number of rotatable bonds is 2. The first-order chi connectivity index (χ1) is 9.25. The Bertz CT molecular complexity index is 586. The van der Waals surface area contributed by atoms with Gasteiger partial charge in [-0.3, -0.25) is 14.4 Å². The lowest BCUT2D eigenvalue weighted by Crippen LogP contribution is -2.63. The number of amides is 2. The van der Waals surface area contributed by atoms with Crippen molar-refractivity contribution < 1.29 is 14.4 Å². The molecular weight excluding hydrogens is 258 g/mol. The highest BCUT2D eigenvalue weighted by atomic mass is 16.2. The average Bonchev–Trinajstić information content (AvgIpc) is 2.74. The van der Waals surface area contributed by atoms with Crippen LogP contribution in [-0.4, -0.2) is 45.7 Å². The summed E-state index contributed by atoms with van der Waals surface area (Å²) in [6.45, 7) is 5.79.